The van der Waals surface area contributed by atoms with Gasteiger partial charge in [-0.3, -0.25) is 0 Å². The van der Waals surface area contributed by atoms with E-state index in [1.165, 1.54) is 31.2 Å². The Balaban J connectivity index is 1.58. The summed E-state index contributed by atoms with van der Waals surface area (Å²) in [5.41, 5.74) is 6.42. The number of benzene rings is 1. The van der Waals surface area contributed by atoms with Gasteiger partial charge >= 0.3 is 0 Å². The van der Waals surface area contributed by atoms with Crippen LogP contribution in [0.4, 0.5) is 17.5 Å². The molecule has 1 unspecified atom stereocenters. The summed E-state index contributed by atoms with van der Waals surface area (Å²) in [5, 5.41) is 4.35. The smallest absolute Gasteiger partial charge is 0.245 e. The Morgan fingerprint density at radius 3 is 2.86 bits per heavy atom. The van der Waals surface area contributed by atoms with Crippen molar-refractivity contribution in [2.45, 2.75) is 58.0 Å². The van der Waals surface area contributed by atoms with Crippen molar-refractivity contribution in [1.82, 2.24) is 9.97 Å². The van der Waals surface area contributed by atoms with Crippen molar-refractivity contribution in [3.8, 4) is 0 Å². The van der Waals surface area contributed by atoms with Crippen LogP contribution in [0.3, 0.4) is 0 Å². The SMILES string of the molecule is CCC1CN(C)c2cnc(N/N=C/c3cccc(C)c3)nc2N1C1CCCC1. The Morgan fingerprint density at radius 2 is 2.11 bits per heavy atom. The number of hydrogen-bond acceptors (Lipinski definition) is 6. The number of hydrazone groups is 1. The molecule has 1 N–H and O–H groups in total. The highest BCUT2D eigenvalue weighted by Crippen LogP contribution is 2.39. The first-order valence-electron chi connectivity index (χ1n) is 10.4. The van der Waals surface area contributed by atoms with E-state index in [4.69, 9.17) is 4.98 Å². The average Bonchev–Trinajstić information content (AvgIpc) is 3.22. The van der Waals surface area contributed by atoms with Crippen LogP contribution in [0.2, 0.25) is 0 Å². The molecular formula is C22H30N6. The monoisotopic (exact) mass is 378 g/mol. The van der Waals surface area contributed by atoms with Crippen molar-refractivity contribution in [1.29, 1.82) is 0 Å². The Hall–Kier alpha value is -2.63. The van der Waals surface area contributed by atoms with Crippen LogP contribution < -0.4 is 15.2 Å². The number of hydrogen-bond donors (Lipinski definition) is 1. The molecule has 2 aliphatic rings. The minimum atomic E-state index is 0.499. The number of fused-ring (bicyclic) bond motifs is 1. The van der Waals surface area contributed by atoms with Crippen LogP contribution in [0.1, 0.15) is 50.2 Å². The molecule has 0 saturated heterocycles. The normalized spacial score (nSPS) is 20.0. The summed E-state index contributed by atoms with van der Waals surface area (Å²) in [6.07, 6.45) is 10.0. The van der Waals surface area contributed by atoms with Crippen LogP contribution in [0.15, 0.2) is 35.6 Å². The summed E-state index contributed by atoms with van der Waals surface area (Å²) in [7, 11) is 2.14. The largest absolute Gasteiger partial charge is 0.368 e. The van der Waals surface area contributed by atoms with Crippen molar-refractivity contribution in [3.63, 3.8) is 0 Å². The van der Waals surface area contributed by atoms with Crippen LogP contribution in [0.5, 0.6) is 0 Å². The summed E-state index contributed by atoms with van der Waals surface area (Å²) in [4.78, 5) is 14.2. The number of aromatic nitrogens is 2. The lowest BCUT2D eigenvalue weighted by molar-refractivity contribution is 0.476. The highest BCUT2D eigenvalue weighted by atomic mass is 15.4. The fourth-order valence-electron chi connectivity index (χ4n) is 4.45. The van der Waals surface area contributed by atoms with Gasteiger partial charge in [-0.15, -0.1) is 0 Å². The predicted octanol–water partition coefficient (Wildman–Crippen LogP) is 4.21. The van der Waals surface area contributed by atoms with Gasteiger partial charge in [0.1, 0.15) is 0 Å². The molecule has 4 rings (SSSR count). The molecule has 1 atom stereocenters. The quantitative estimate of drug-likeness (QED) is 0.624. The van der Waals surface area contributed by atoms with E-state index in [-0.39, 0.29) is 0 Å². The second-order valence-electron chi connectivity index (χ2n) is 7.97. The van der Waals surface area contributed by atoms with E-state index in [9.17, 15) is 0 Å². The molecule has 6 nitrogen and oxygen atoms in total. The second kappa shape index (κ2) is 8.17. The van der Waals surface area contributed by atoms with E-state index in [0.29, 0.717) is 18.0 Å². The van der Waals surface area contributed by atoms with Crippen molar-refractivity contribution < 1.29 is 0 Å². The standard InChI is InChI=1S/C22H30N6/c1-4-18-15-27(3)20-14-23-22(25-21(20)28(18)19-10-5-6-11-19)26-24-13-17-9-7-8-16(2)12-17/h7-9,12-14,18-19H,4-6,10-11,15H2,1-3H3,(H,23,25,26)/b24-13+. The topological polar surface area (TPSA) is 56.7 Å². The zero-order valence-electron chi connectivity index (χ0n) is 17.1. The first-order valence-corrected chi connectivity index (χ1v) is 10.4. The number of aryl methyl sites for hydroxylation is 1. The Labute approximate surface area is 167 Å². The third kappa shape index (κ3) is 3.81. The van der Waals surface area contributed by atoms with E-state index < -0.39 is 0 Å². The maximum absolute atomic E-state index is 4.88. The second-order valence-corrected chi connectivity index (χ2v) is 7.97. The number of rotatable bonds is 5. The minimum Gasteiger partial charge on any atom is -0.368 e. The van der Waals surface area contributed by atoms with Crippen LogP contribution in [-0.2, 0) is 0 Å². The minimum absolute atomic E-state index is 0.499. The number of nitrogens with zero attached hydrogens (tertiary/aromatic N) is 5. The van der Waals surface area contributed by atoms with Gasteiger partial charge in [0.05, 0.1) is 18.1 Å². The molecule has 28 heavy (non-hydrogen) atoms. The van der Waals surface area contributed by atoms with Gasteiger partial charge < -0.3 is 9.80 Å². The van der Waals surface area contributed by atoms with Crippen LogP contribution >= 0.6 is 0 Å². The molecule has 0 radical (unpaired) electrons. The molecule has 2 aromatic rings. The molecule has 148 valence electrons. The van der Waals surface area contributed by atoms with Crippen molar-refractivity contribution in [2.75, 3.05) is 28.8 Å². The number of nitrogens with one attached hydrogen (secondary N) is 1. The van der Waals surface area contributed by atoms with Gasteiger partial charge in [0, 0.05) is 25.7 Å². The van der Waals surface area contributed by atoms with Gasteiger partial charge in [0.15, 0.2) is 5.82 Å². The van der Waals surface area contributed by atoms with Crippen molar-refractivity contribution in [3.05, 3.63) is 41.6 Å². The first-order chi connectivity index (χ1) is 13.7. The van der Waals surface area contributed by atoms with Crippen molar-refractivity contribution in [2.24, 2.45) is 5.10 Å². The Kier molecular flexibility index (Phi) is 5.46. The van der Waals surface area contributed by atoms with Crippen LogP contribution in [-0.4, -0.2) is 41.9 Å². The summed E-state index contributed by atoms with van der Waals surface area (Å²) in [5.74, 6) is 1.60. The molecule has 2 heterocycles. The molecule has 1 aromatic heterocycles. The fourth-order valence-corrected chi connectivity index (χ4v) is 4.45. The zero-order chi connectivity index (χ0) is 19.5. The van der Waals surface area contributed by atoms with Gasteiger partial charge in [-0.2, -0.15) is 10.1 Å². The summed E-state index contributed by atoms with van der Waals surface area (Å²) in [6.45, 7) is 5.38. The summed E-state index contributed by atoms with van der Waals surface area (Å²) in [6, 6.07) is 9.34. The summed E-state index contributed by atoms with van der Waals surface area (Å²) >= 11 is 0. The zero-order valence-corrected chi connectivity index (χ0v) is 17.1. The van der Waals surface area contributed by atoms with Crippen LogP contribution in [0, 0.1) is 6.92 Å². The molecule has 6 heteroatoms. The molecule has 1 aliphatic heterocycles. The maximum atomic E-state index is 4.88. The molecule has 0 spiro atoms. The number of likely N-dealkylation sites (N-methyl/N-ethyl adjacent to an activating group) is 1. The van der Waals surface area contributed by atoms with E-state index in [1.54, 1.807) is 0 Å². The molecule has 1 saturated carbocycles. The summed E-state index contributed by atoms with van der Waals surface area (Å²) < 4.78 is 0. The number of anilines is 3. The van der Waals surface area contributed by atoms with Gasteiger partial charge in [-0.05, 0) is 31.7 Å². The lowest BCUT2D eigenvalue weighted by Crippen LogP contribution is -2.52. The first kappa shape index (κ1) is 18.7. The molecule has 1 fully saturated rings. The molecule has 1 aliphatic carbocycles. The third-order valence-electron chi connectivity index (χ3n) is 5.89. The third-order valence-corrected chi connectivity index (χ3v) is 5.89. The maximum Gasteiger partial charge on any atom is 0.245 e. The highest BCUT2D eigenvalue weighted by Gasteiger charge is 2.35. The molecule has 0 bridgehead atoms. The fraction of sp³-hybridized carbons (Fsp3) is 0.500. The molecular weight excluding hydrogens is 348 g/mol. The highest BCUT2D eigenvalue weighted by molar-refractivity contribution is 5.80. The van der Waals surface area contributed by atoms with Crippen molar-refractivity contribution >= 4 is 23.7 Å². The van der Waals surface area contributed by atoms with Gasteiger partial charge in [0.25, 0.3) is 0 Å². The van der Waals surface area contributed by atoms with Gasteiger partial charge in [-0.1, -0.05) is 49.6 Å². The predicted molar refractivity (Wildman–Crippen MR) is 117 cm³/mol. The molecule has 1 aromatic carbocycles. The molecule has 0 amide bonds. The average molecular weight is 379 g/mol. The lowest BCUT2D eigenvalue weighted by Gasteiger charge is -2.45. The Bertz CT molecular complexity index is 843. The van der Waals surface area contributed by atoms with Crippen LogP contribution in [0.25, 0.3) is 0 Å². The Morgan fingerprint density at radius 1 is 1.29 bits per heavy atom. The van der Waals surface area contributed by atoms with E-state index in [2.05, 4.69) is 58.3 Å². The van der Waals surface area contributed by atoms with E-state index >= 15 is 0 Å². The lowest BCUT2D eigenvalue weighted by atomic mass is 10.0. The van der Waals surface area contributed by atoms with Gasteiger partial charge in [0.2, 0.25) is 5.95 Å². The van der Waals surface area contributed by atoms with E-state index in [0.717, 1.165) is 30.0 Å². The van der Waals surface area contributed by atoms with E-state index in [1.807, 2.05) is 24.5 Å². The van der Waals surface area contributed by atoms with Gasteiger partial charge in [-0.25, -0.2) is 10.4 Å².